The van der Waals surface area contributed by atoms with E-state index in [-0.39, 0.29) is 11.9 Å². The summed E-state index contributed by atoms with van der Waals surface area (Å²) in [6.07, 6.45) is 0.924. The van der Waals surface area contributed by atoms with Gasteiger partial charge in [0.1, 0.15) is 11.0 Å². The fourth-order valence-corrected chi connectivity index (χ4v) is 3.73. The first kappa shape index (κ1) is 15.6. The van der Waals surface area contributed by atoms with Crippen LogP contribution >= 0.6 is 22.7 Å². The Hall–Kier alpha value is -2.25. The Morgan fingerprint density at radius 3 is 2.57 bits per heavy atom. The third-order valence-electron chi connectivity index (χ3n) is 3.35. The molecule has 0 fully saturated rings. The van der Waals surface area contributed by atoms with Gasteiger partial charge in [0, 0.05) is 4.88 Å². The predicted molar refractivity (Wildman–Crippen MR) is 93.8 cm³/mol. The summed E-state index contributed by atoms with van der Waals surface area (Å²) in [5.74, 6) is -0.114. The van der Waals surface area contributed by atoms with E-state index in [1.165, 1.54) is 27.6 Å². The number of anilines is 1. The zero-order valence-electron chi connectivity index (χ0n) is 12.5. The third kappa shape index (κ3) is 3.57. The SMILES string of the molecule is CCc1ccc(C(=O)NC(c2ccccc2)c2nnc(N)s2)s1. The number of nitrogens with one attached hydrogen (secondary N) is 1. The molecule has 0 aliphatic rings. The fourth-order valence-electron chi connectivity index (χ4n) is 2.19. The van der Waals surface area contributed by atoms with Crippen molar-refractivity contribution in [3.05, 3.63) is 62.8 Å². The van der Waals surface area contributed by atoms with Crippen LogP contribution in [0.5, 0.6) is 0 Å². The van der Waals surface area contributed by atoms with Gasteiger partial charge >= 0.3 is 0 Å². The number of aryl methyl sites for hydroxylation is 1. The largest absolute Gasteiger partial charge is 0.374 e. The quantitative estimate of drug-likeness (QED) is 0.744. The number of carbonyl (C=O) groups excluding carboxylic acids is 1. The highest BCUT2D eigenvalue weighted by Crippen LogP contribution is 2.27. The number of hydrogen-bond donors (Lipinski definition) is 2. The molecule has 0 aliphatic carbocycles. The van der Waals surface area contributed by atoms with Crippen molar-refractivity contribution in [2.75, 3.05) is 5.73 Å². The summed E-state index contributed by atoms with van der Waals surface area (Å²) < 4.78 is 0. The molecule has 0 spiro atoms. The van der Waals surface area contributed by atoms with E-state index in [1.54, 1.807) is 0 Å². The van der Waals surface area contributed by atoms with Crippen LogP contribution < -0.4 is 11.1 Å². The van der Waals surface area contributed by atoms with E-state index in [2.05, 4.69) is 22.4 Å². The molecule has 3 rings (SSSR count). The number of hydrogen-bond acceptors (Lipinski definition) is 6. The highest BCUT2D eigenvalue weighted by atomic mass is 32.1. The van der Waals surface area contributed by atoms with E-state index < -0.39 is 0 Å². The molecule has 0 radical (unpaired) electrons. The molecule has 2 aromatic heterocycles. The molecule has 0 saturated heterocycles. The van der Waals surface area contributed by atoms with Crippen molar-refractivity contribution in [3.8, 4) is 0 Å². The molecule has 1 aromatic carbocycles. The summed E-state index contributed by atoms with van der Waals surface area (Å²) in [7, 11) is 0. The number of benzene rings is 1. The van der Waals surface area contributed by atoms with Gasteiger partial charge in [-0.05, 0) is 24.1 Å². The molecular weight excluding hydrogens is 328 g/mol. The van der Waals surface area contributed by atoms with Gasteiger partial charge in [-0.1, -0.05) is 48.6 Å². The molecule has 3 aromatic rings. The summed E-state index contributed by atoms with van der Waals surface area (Å²) in [4.78, 5) is 14.4. The average Bonchev–Trinajstić information content (AvgIpc) is 3.22. The van der Waals surface area contributed by atoms with Gasteiger partial charge in [-0.15, -0.1) is 21.5 Å². The number of nitrogens with two attached hydrogens (primary N) is 1. The van der Waals surface area contributed by atoms with Crippen molar-refractivity contribution >= 4 is 33.7 Å². The molecule has 0 bridgehead atoms. The summed E-state index contributed by atoms with van der Waals surface area (Å²) >= 11 is 2.79. The Bertz CT molecular complexity index is 797. The monoisotopic (exact) mass is 344 g/mol. The van der Waals surface area contributed by atoms with Crippen LogP contribution in [0.25, 0.3) is 0 Å². The van der Waals surface area contributed by atoms with E-state index in [0.29, 0.717) is 15.0 Å². The van der Waals surface area contributed by atoms with Gasteiger partial charge in [0.15, 0.2) is 0 Å². The minimum atomic E-state index is -0.356. The van der Waals surface area contributed by atoms with Crippen molar-refractivity contribution in [1.29, 1.82) is 0 Å². The van der Waals surface area contributed by atoms with Crippen molar-refractivity contribution in [2.45, 2.75) is 19.4 Å². The lowest BCUT2D eigenvalue weighted by atomic mass is 10.1. The van der Waals surface area contributed by atoms with Crippen LogP contribution in [0, 0.1) is 0 Å². The Morgan fingerprint density at radius 1 is 1.17 bits per heavy atom. The zero-order chi connectivity index (χ0) is 16.2. The smallest absolute Gasteiger partial charge is 0.262 e. The lowest BCUT2D eigenvalue weighted by molar-refractivity contribution is 0.0947. The van der Waals surface area contributed by atoms with Gasteiger partial charge in [-0.2, -0.15) is 0 Å². The van der Waals surface area contributed by atoms with E-state index in [9.17, 15) is 4.79 Å². The summed E-state index contributed by atoms with van der Waals surface area (Å²) in [6.45, 7) is 2.07. The van der Waals surface area contributed by atoms with Crippen LogP contribution in [0.2, 0.25) is 0 Å². The Morgan fingerprint density at radius 2 is 1.96 bits per heavy atom. The summed E-state index contributed by atoms with van der Waals surface area (Å²) in [5, 5.41) is 12.1. The minimum Gasteiger partial charge on any atom is -0.374 e. The zero-order valence-corrected chi connectivity index (χ0v) is 14.2. The molecule has 1 atom stereocenters. The molecule has 2 heterocycles. The Labute approximate surface area is 142 Å². The van der Waals surface area contributed by atoms with Gasteiger partial charge in [0.2, 0.25) is 5.13 Å². The maximum atomic E-state index is 12.6. The van der Waals surface area contributed by atoms with Gasteiger partial charge in [-0.3, -0.25) is 4.79 Å². The normalized spacial score (nSPS) is 12.0. The highest BCUT2D eigenvalue weighted by Gasteiger charge is 2.22. The van der Waals surface area contributed by atoms with Crippen molar-refractivity contribution < 1.29 is 4.79 Å². The van der Waals surface area contributed by atoms with Crippen molar-refractivity contribution in [2.24, 2.45) is 0 Å². The Balaban J connectivity index is 1.88. The first-order valence-electron chi connectivity index (χ1n) is 7.20. The van der Waals surface area contributed by atoms with Gasteiger partial charge in [0.05, 0.1) is 4.88 Å². The van der Waals surface area contributed by atoms with Crippen molar-refractivity contribution in [3.63, 3.8) is 0 Å². The average molecular weight is 344 g/mol. The standard InChI is InChI=1S/C16H16N4OS2/c1-2-11-8-9-12(22-11)14(21)18-13(10-6-4-3-5-7-10)15-19-20-16(17)23-15/h3-9,13H,2H2,1H3,(H2,17,20)(H,18,21). The molecule has 118 valence electrons. The number of nitrogen functional groups attached to an aromatic ring is 1. The van der Waals surface area contributed by atoms with E-state index >= 15 is 0 Å². The minimum absolute atomic E-state index is 0.114. The maximum Gasteiger partial charge on any atom is 0.262 e. The van der Waals surface area contributed by atoms with Crippen LogP contribution in [0.1, 0.15) is 38.1 Å². The second-order valence-corrected chi connectivity index (χ2v) is 7.12. The molecular formula is C16H16N4OS2. The van der Waals surface area contributed by atoms with Crippen LogP contribution in [0.3, 0.4) is 0 Å². The second kappa shape index (κ2) is 6.89. The van der Waals surface area contributed by atoms with Crippen molar-refractivity contribution in [1.82, 2.24) is 15.5 Å². The van der Waals surface area contributed by atoms with Crippen LogP contribution in [0.15, 0.2) is 42.5 Å². The van der Waals surface area contributed by atoms with E-state index in [1.807, 2.05) is 42.5 Å². The summed E-state index contributed by atoms with van der Waals surface area (Å²) in [6, 6.07) is 13.2. The molecule has 1 unspecified atom stereocenters. The van der Waals surface area contributed by atoms with E-state index in [4.69, 9.17) is 5.73 Å². The molecule has 23 heavy (non-hydrogen) atoms. The molecule has 0 saturated carbocycles. The number of amides is 1. The second-order valence-electron chi connectivity index (χ2n) is 4.92. The van der Waals surface area contributed by atoms with E-state index in [0.717, 1.165) is 12.0 Å². The topological polar surface area (TPSA) is 80.9 Å². The summed E-state index contributed by atoms with van der Waals surface area (Å²) in [5.41, 5.74) is 6.64. The molecule has 0 aliphatic heterocycles. The number of nitrogens with zero attached hydrogens (tertiary/aromatic N) is 2. The predicted octanol–water partition coefficient (Wildman–Crippen LogP) is 3.26. The first-order valence-corrected chi connectivity index (χ1v) is 8.84. The molecule has 7 heteroatoms. The Kier molecular flexibility index (Phi) is 4.68. The maximum absolute atomic E-state index is 12.6. The lowest BCUT2D eigenvalue weighted by Gasteiger charge is -2.16. The molecule has 1 amide bonds. The van der Waals surface area contributed by atoms with Gasteiger partial charge in [-0.25, -0.2) is 0 Å². The lowest BCUT2D eigenvalue weighted by Crippen LogP contribution is -2.28. The van der Waals surface area contributed by atoms with Gasteiger partial charge in [0.25, 0.3) is 5.91 Å². The van der Waals surface area contributed by atoms with Gasteiger partial charge < -0.3 is 11.1 Å². The third-order valence-corrected chi connectivity index (χ3v) is 5.39. The molecule has 5 nitrogen and oxygen atoms in total. The van der Waals surface area contributed by atoms with Crippen LogP contribution in [-0.4, -0.2) is 16.1 Å². The molecule has 3 N–H and O–H groups in total. The highest BCUT2D eigenvalue weighted by molar-refractivity contribution is 7.15. The van der Waals surface area contributed by atoms with Crippen LogP contribution in [-0.2, 0) is 6.42 Å². The number of carbonyl (C=O) groups is 1. The van der Waals surface area contributed by atoms with Crippen LogP contribution in [0.4, 0.5) is 5.13 Å². The number of aromatic nitrogens is 2. The fraction of sp³-hybridized carbons (Fsp3) is 0.188. The number of rotatable bonds is 5. The number of thiophene rings is 1. The first-order chi connectivity index (χ1) is 11.2.